The Morgan fingerprint density at radius 1 is 1.10 bits per heavy atom. The Morgan fingerprint density at radius 2 is 1.83 bits per heavy atom. The van der Waals surface area contributed by atoms with Gasteiger partial charge in [-0.25, -0.2) is 4.98 Å². The number of allylic oxidation sites excluding steroid dienone is 1. The Morgan fingerprint density at radius 3 is 2.59 bits per heavy atom. The predicted octanol–water partition coefficient (Wildman–Crippen LogP) is 2.93. The minimum Gasteiger partial charge on any atom is -0.352 e. The molecule has 0 unspecified atom stereocenters. The van der Waals surface area contributed by atoms with Gasteiger partial charge in [0.1, 0.15) is 12.4 Å². The second-order valence-electron chi connectivity index (χ2n) is 6.88. The Bertz CT molecular complexity index is 1010. The topological polar surface area (TPSA) is 67.2 Å². The van der Waals surface area contributed by atoms with Crippen LogP contribution in [0.5, 0.6) is 0 Å². The van der Waals surface area contributed by atoms with Gasteiger partial charge in [0.2, 0.25) is 11.8 Å². The third kappa shape index (κ3) is 5.31. The van der Waals surface area contributed by atoms with Crippen LogP contribution >= 0.6 is 0 Å². The lowest BCUT2D eigenvalue weighted by Crippen LogP contribution is -2.31. The monoisotopic (exact) mass is 390 g/mol. The highest BCUT2D eigenvalue weighted by Crippen LogP contribution is 2.17. The third-order valence-electron chi connectivity index (χ3n) is 4.68. The molecular weight excluding hydrogens is 364 g/mol. The Balaban J connectivity index is 1.74. The molecule has 1 aromatic heterocycles. The van der Waals surface area contributed by atoms with Crippen molar-refractivity contribution in [3.05, 3.63) is 78.1 Å². The average molecular weight is 390 g/mol. The van der Waals surface area contributed by atoms with Crippen LogP contribution in [0.2, 0.25) is 0 Å². The van der Waals surface area contributed by atoms with E-state index in [1.54, 1.807) is 17.9 Å². The summed E-state index contributed by atoms with van der Waals surface area (Å²) in [5.74, 6) is 0.665. The Labute approximate surface area is 170 Å². The first kappa shape index (κ1) is 20.3. The van der Waals surface area contributed by atoms with Gasteiger partial charge in [0.15, 0.2) is 0 Å². The van der Waals surface area contributed by atoms with E-state index in [2.05, 4.69) is 10.3 Å². The molecule has 0 spiro atoms. The Hall–Kier alpha value is -3.41. The molecule has 0 saturated carbocycles. The number of rotatable bonds is 8. The van der Waals surface area contributed by atoms with E-state index in [-0.39, 0.29) is 18.4 Å². The van der Waals surface area contributed by atoms with E-state index in [0.29, 0.717) is 19.5 Å². The van der Waals surface area contributed by atoms with E-state index in [1.807, 2.05) is 66.2 Å². The number of carbonyl (C=O) groups excluding carboxylic acids is 2. The molecule has 0 aliphatic heterocycles. The minimum absolute atomic E-state index is 0.0104. The van der Waals surface area contributed by atoms with Gasteiger partial charge >= 0.3 is 0 Å². The van der Waals surface area contributed by atoms with Gasteiger partial charge < -0.3 is 14.8 Å². The highest BCUT2D eigenvalue weighted by atomic mass is 16.2. The number of amides is 2. The van der Waals surface area contributed by atoms with Crippen molar-refractivity contribution in [1.82, 2.24) is 19.8 Å². The zero-order chi connectivity index (χ0) is 20.6. The summed E-state index contributed by atoms with van der Waals surface area (Å²) in [5.41, 5.74) is 2.86. The van der Waals surface area contributed by atoms with Gasteiger partial charge in [0, 0.05) is 26.6 Å². The molecule has 6 nitrogen and oxygen atoms in total. The summed E-state index contributed by atoms with van der Waals surface area (Å²) in [4.78, 5) is 30.9. The van der Waals surface area contributed by atoms with Crippen molar-refractivity contribution in [1.29, 1.82) is 0 Å². The van der Waals surface area contributed by atoms with Crippen LogP contribution in [0, 0.1) is 0 Å². The smallest absolute Gasteiger partial charge is 0.243 e. The number of para-hydroxylation sites is 2. The number of carbonyl (C=O) groups is 2. The SMILES string of the molecule is C/C=C/C(=O)NCCc1nc2ccccc2n1CC(=O)N(C)Cc1ccccc1. The van der Waals surface area contributed by atoms with Crippen molar-refractivity contribution in [3.63, 3.8) is 0 Å². The molecule has 0 aliphatic carbocycles. The maximum atomic E-state index is 12.9. The number of hydrogen-bond acceptors (Lipinski definition) is 3. The molecule has 0 bridgehead atoms. The number of nitrogens with one attached hydrogen (secondary N) is 1. The Kier molecular flexibility index (Phi) is 6.79. The van der Waals surface area contributed by atoms with Crippen molar-refractivity contribution < 1.29 is 9.59 Å². The number of fused-ring (bicyclic) bond motifs is 1. The van der Waals surface area contributed by atoms with Crippen LogP contribution < -0.4 is 5.32 Å². The number of benzene rings is 2. The van der Waals surface area contributed by atoms with Crippen molar-refractivity contribution in [2.45, 2.75) is 26.4 Å². The number of likely N-dealkylation sites (N-methyl/N-ethyl adjacent to an activating group) is 1. The summed E-state index contributed by atoms with van der Waals surface area (Å²) < 4.78 is 1.95. The summed E-state index contributed by atoms with van der Waals surface area (Å²) in [6, 6.07) is 17.7. The first-order valence-corrected chi connectivity index (χ1v) is 9.71. The normalized spacial score (nSPS) is 11.1. The van der Waals surface area contributed by atoms with E-state index < -0.39 is 0 Å². The van der Waals surface area contributed by atoms with Crippen molar-refractivity contribution in [3.8, 4) is 0 Å². The average Bonchev–Trinajstić information content (AvgIpc) is 3.06. The fourth-order valence-electron chi connectivity index (χ4n) is 3.20. The molecule has 29 heavy (non-hydrogen) atoms. The van der Waals surface area contributed by atoms with Gasteiger partial charge in [-0.2, -0.15) is 0 Å². The van der Waals surface area contributed by atoms with Crippen LogP contribution in [0.1, 0.15) is 18.3 Å². The van der Waals surface area contributed by atoms with E-state index in [0.717, 1.165) is 22.4 Å². The molecule has 150 valence electrons. The molecule has 3 aromatic rings. The maximum Gasteiger partial charge on any atom is 0.243 e. The fourth-order valence-corrected chi connectivity index (χ4v) is 3.20. The quantitative estimate of drug-likeness (QED) is 0.602. The lowest BCUT2D eigenvalue weighted by molar-refractivity contribution is -0.131. The zero-order valence-corrected chi connectivity index (χ0v) is 16.8. The van der Waals surface area contributed by atoms with Crippen LogP contribution in [-0.4, -0.2) is 39.9 Å². The second kappa shape index (κ2) is 9.68. The largest absolute Gasteiger partial charge is 0.352 e. The van der Waals surface area contributed by atoms with Crippen LogP contribution in [0.15, 0.2) is 66.7 Å². The maximum absolute atomic E-state index is 12.9. The molecule has 6 heteroatoms. The number of nitrogens with zero attached hydrogens (tertiary/aromatic N) is 3. The lowest BCUT2D eigenvalue weighted by atomic mass is 10.2. The molecule has 0 fully saturated rings. The summed E-state index contributed by atoms with van der Waals surface area (Å²) >= 11 is 0. The van der Waals surface area contributed by atoms with E-state index in [9.17, 15) is 9.59 Å². The van der Waals surface area contributed by atoms with E-state index in [1.165, 1.54) is 6.08 Å². The summed E-state index contributed by atoms with van der Waals surface area (Å²) in [6.45, 7) is 3.03. The van der Waals surface area contributed by atoms with Gasteiger partial charge in [0.05, 0.1) is 11.0 Å². The van der Waals surface area contributed by atoms with Crippen LogP contribution in [-0.2, 0) is 29.1 Å². The molecule has 0 aliphatic rings. The lowest BCUT2D eigenvalue weighted by Gasteiger charge is -2.19. The zero-order valence-electron chi connectivity index (χ0n) is 16.8. The highest BCUT2D eigenvalue weighted by molar-refractivity contribution is 5.87. The van der Waals surface area contributed by atoms with Crippen LogP contribution in [0.3, 0.4) is 0 Å². The summed E-state index contributed by atoms with van der Waals surface area (Å²) in [7, 11) is 1.81. The van der Waals surface area contributed by atoms with Gasteiger partial charge in [-0.3, -0.25) is 9.59 Å². The van der Waals surface area contributed by atoms with Crippen molar-refractivity contribution in [2.75, 3.05) is 13.6 Å². The summed E-state index contributed by atoms with van der Waals surface area (Å²) in [5, 5.41) is 2.84. The summed E-state index contributed by atoms with van der Waals surface area (Å²) in [6.07, 6.45) is 3.74. The molecule has 0 atom stereocenters. The van der Waals surface area contributed by atoms with Gasteiger partial charge in [-0.1, -0.05) is 48.5 Å². The number of aromatic nitrogens is 2. The minimum atomic E-state index is -0.131. The molecular formula is C23H26N4O2. The second-order valence-corrected chi connectivity index (χ2v) is 6.88. The predicted molar refractivity (Wildman–Crippen MR) is 114 cm³/mol. The van der Waals surface area contributed by atoms with E-state index >= 15 is 0 Å². The molecule has 0 radical (unpaired) electrons. The van der Waals surface area contributed by atoms with Gasteiger partial charge in [-0.05, 0) is 30.7 Å². The van der Waals surface area contributed by atoms with Crippen molar-refractivity contribution in [2.24, 2.45) is 0 Å². The van der Waals surface area contributed by atoms with Crippen LogP contribution in [0.4, 0.5) is 0 Å². The van der Waals surface area contributed by atoms with Crippen molar-refractivity contribution >= 4 is 22.8 Å². The molecule has 1 N–H and O–H groups in total. The number of imidazole rings is 1. The molecule has 3 rings (SSSR count). The molecule has 1 heterocycles. The number of hydrogen-bond donors (Lipinski definition) is 1. The van der Waals surface area contributed by atoms with E-state index in [4.69, 9.17) is 0 Å². The first-order valence-electron chi connectivity index (χ1n) is 9.71. The van der Waals surface area contributed by atoms with Gasteiger partial charge in [-0.15, -0.1) is 0 Å². The molecule has 2 amide bonds. The standard InChI is InChI=1S/C23H26N4O2/c1-3-9-22(28)24-15-14-21-25-19-12-7-8-13-20(19)27(21)17-23(29)26(2)16-18-10-5-4-6-11-18/h3-13H,14-17H2,1-2H3,(H,24,28)/b9-3+. The first-order chi connectivity index (χ1) is 14.1. The fraction of sp³-hybridized carbons (Fsp3) is 0.261. The highest BCUT2D eigenvalue weighted by Gasteiger charge is 2.16. The van der Waals surface area contributed by atoms with Gasteiger partial charge in [0.25, 0.3) is 0 Å². The molecule has 2 aromatic carbocycles. The third-order valence-corrected chi connectivity index (χ3v) is 4.68. The van der Waals surface area contributed by atoms with Crippen LogP contribution in [0.25, 0.3) is 11.0 Å². The molecule has 0 saturated heterocycles.